The largest absolute Gasteiger partial charge is 0.461 e. The SMILES string of the molecule is CCOC(=O)c1nc(N2CCC3(CCN(C(=O)OC(C)(C)C)C3)C2)ccc1C#N. The number of carbonyl (C=O) groups excluding carboxylic acids is 2. The normalized spacial score (nSPS) is 21.3. The molecule has 0 saturated carbocycles. The Morgan fingerprint density at radius 1 is 1.24 bits per heavy atom. The van der Waals surface area contributed by atoms with Gasteiger partial charge >= 0.3 is 12.1 Å². The molecule has 2 aliphatic heterocycles. The third-order valence-corrected chi connectivity index (χ3v) is 5.32. The van der Waals surface area contributed by atoms with E-state index in [1.165, 1.54) is 0 Å². The zero-order valence-electron chi connectivity index (χ0n) is 17.5. The summed E-state index contributed by atoms with van der Waals surface area (Å²) in [6.45, 7) is 10.4. The van der Waals surface area contributed by atoms with Crippen molar-refractivity contribution in [2.24, 2.45) is 5.41 Å². The van der Waals surface area contributed by atoms with Crippen LogP contribution in [0.2, 0.25) is 0 Å². The van der Waals surface area contributed by atoms with Crippen LogP contribution in [0, 0.1) is 16.7 Å². The number of pyridine rings is 1. The lowest BCUT2D eigenvalue weighted by Crippen LogP contribution is -2.37. The first-order valence-corrected chi connectivity index (χ1v) is 9.97. The topological polar surface area (TPSA) is 95.8 Å². The van der Waals surface area contributed by atoms with Crippen LogP contribution < -0.4 is 4.90 Å². The van der Waals surface area contributed by atoms with E-state index in [-0.39, 0.29) is 29.4 Å². The molecule has 1 unspecified atom stereocenters. The van der Waals surface area contributed by atoms with Crippen molar-refractivity contribution >= 4 is 17.9 Å². The van der Waals surface area contributed by atoms with Gasteiger partial charge in [0.05, 0.1) is 12.2 Å². The molecular weight excluding hydrogens is 372 g/mol. The standard InChI is InChI=1S/C21H28N4O4/c1-5-28-18(26)17-15(12-22)6-7-16(23-17)24-10-8-21(13-24)9-11-25(14-21)19(27)29-20(2,3)4/h6-7H,5,8-11,13-14H2,1-4H3. The predicted octanol–water partition coefficient (Wildman–Crippen LogP) is 2.97. The molecule has 1 amide bonds. The molecule has 3 heterocycles. The van der Waals surface area contributed by atoms with E-state index < -0.39 is 11.6 Å². The van der Waals surface area contributed by atoms with E-state index in [2.05, 4.69) is 9.88 Å². The molecule has 0 bridgehead atoms. The highest BCUT2D eigenvalue weighted by Crippen LogP contribution is 2.41. The Kier molecular flexibility index (Phi) is 5.69. The highest BCUT2D eigenvalue weighted by atomic mass is 16.6. The van der Waals surface area contributed by atoms with Gasteiger partial charge in [-0.2, -0.15) is 5.26 Å². The van der Waals surface area contributed by atoms with Gasteiger partial charge in [0.1, 0.15) is 17.5 Å². The molecule has 1 spiro atoms. The van der Waals surface area contributed by atoms with Crippen LogP contribution in [0.3, 0.4) is 0 Å². The van der Waals surface area contributed by atoms with E-state index in [4.69, 9.17) is 9.47 Å². The van der Waals surface area contributed by atoms with Crippen molar-refractivity contribution in [1.29, 1.82) is 5.26 Å². The summed E-state index contributed by atoms with van der Waals surface area (Å²) < 4.78 is 10.5. The van der Waals surface area contributed by atoms with Crippen molar-refractivity contribution in [2.75, 3.05) is 37.7 Å². The second-order valence-electron chi connectivity index (χ2n) is 8.72. The van der Waals surface area contributed by atoms with Crippen LogP contribution in [-0.2, 0) is 9.47 Å². The molecule has 3 rings (SSSR count). The summed E-state index contributed by atoms with van der Waals surface area (Å²) in [5, 5.41) is 9.26. The number of hydrogen-bond donors (Lipinski definition) is 0. The van der Waals surface area contributed by atoms with Crippen LogP contribution in [-0.4, -0.2) is 60.3 Å². The quantitative estimate of drug-likeness (QED) is 0.720. The zero-order chi connectivity index (χ0) is 21.2. The minimum atomic E-state index is -0.586. The monoisotopic (exact) mass is 400 g/mol. The highest BCUT2D eigenvalue weighted by Gasteiger charge is 2.46. The van der Waals surface area contributed by atoms with Crippen molar-refractivity contribution in [3.05, 3.63) is 23.4 Å². The summed E-state index contributed by atoms with van der Waals surface area (Å²) in [4.78, 5) is 32.9. The summed E-state index contributed by atoms with van der Waals surface area (Å²) in [6, 6.07) is 5.38. The Morgan fingerprint density at radius 3 is 2.62 bits per heavy atom. The maximum Gasteiger partial charge on any atom is 0.410 e. The Hall–Kier alpha value is -2.82. The van der Waals surface area contributed by atoms with Gasteiger partial charge in [-0.25, -0.2) is 14.6 Å². The zero-order valence-corrected chi connectivity index (χ0v) is 17.5. The lowest BCUT2D eigenvalue weighted by molar-refractivity contribution is 0.0276. The summed E-state index contributed by atoms with van der Waals surface area (Å²) in [6.07, 6.45) is 1.57. The number of aromatic nitrogens is 1. The van der Waals surface area contributed by atoms with Crippen molar-refractivity contribution in [2.45, 2.75) is 46.1 Å². The third-order valence-electron chi connectivity index (χ3n) is 5.32. The maximum absolute atomic E-state index is 12.4. The number of anilines is 1. The summed E-state index contributed by atoms with van der Waals surface area (Å²) in [5.41, 5.74) is -0.256. The van der Waals surface area contributed by atoms with Gasteiger partial charge in [-0.3, -0.25) is 0 Å². The number of ether oxygens (including phenoxy) is 2. The Balaban J connectivity index is 1.71. The number of nitriles is 1. The van der Waals surface area contributed by atoms with E-state index in [9.17, 15) is 14.9 Å². The molecule has 1 aromatic rings. The van der Waals surface area contributed by atoms with Crippen LogP contribution >= 0.6 is 0 Å². The first-order valence-electron chi connectivity index (χ1n) is 9.97. The summed E-state index contributed by atoms with van der Waals surface area (Å²) in [7, 11) is 0. The Labute approximate surface area is 171 Å². The summed E-state index contributed by atoms with van der Waals surface area (Å²) >= 11 is 0. The van der Waals surface area contributed by atoms with E-state index in [1.54, 1.807) is 24.0 Å². The van der Waals surface area contributed by atoms with Gasteiger partial charge in [-0.1, -0.05) is 0 Å². The first-order chi connectivity index (χ1) is 13.7. The van der Waals surface area contributed by atoms with E-state index in [0.29, 0.717) is 18.9 Å². The maximum atomic E-state index is 12.4. The van der Waals surface area contributed by atoms with Crippen LogP contribution in [0.4, 0.5) is 10.6 Å². The second kappa shape index (κ2) is 7.90. The van der Waals surface area contributed by atoms with Gasteiger partial charge in [-0.15, -0.1) is 0 Å². The average Bonchev–Trinajstić information content (AvgIpc) is 3.27. The minimum Gasteiger partial charge on any atom is -0.461 e. The van der Waals surface area contributed by atoms with Gasteiger partial charge < -0.3 is 19.3 Å². The van der Waals surface area contributed by atoms with Gasteiger partial charge in [0.15, 0.2) is 5.69 Å². The molecule has 1 atom stereocenters. The molecule has 0 radical (unpaired) electrons. The minimum absolute atomic E-state index is 0.00340. The molecule has 1 aromatic heterocycles. The second-order valence-corrected chi connectivity index (χ2v) is 8.72. The smallest absolute Gasteiger partial charge is 0.410 e. The molecular formula is C21H28N4O4. The fourth-order valence-corrected chi connectivity index (χ4v) is 3.95. The average molecular weight is 400 g/mol. The number of carbonyl (C=O) groups is 2. The van der Waals surface area contributed by atoms with Gasteiger partial charge in [-0.05, 0) is 52.7 Å². The number of esters is 1. The number of rotatable bonds is 3. The number of nitrogens with zero attached hydrogens (tertiary/aromatic N) is 4. The van der Waals surface area contributed by atoms with Crippen molar-refractivity contribution in [3.8, 4) is 6.07 Å². The predicted molar refractivity (Wildman–Crippen MR) is 107 cm³/mol. The lowest BCUT2D eigenvalue weighted by atomic mass is 9.86. The van der Waals surface area contributed by atoms with E-state index in [0.717, 1.165) is 25.9 Å². The van der Waals surface area contributed by atoms with Gasteiger partial charge in [0, 0.05) is 31.6 Å². The van der Waals surface area contributed by atoms with Crippen LogP contribution in [0.5, 0.6) is 0 Å². The number of amides is 1. The van der Waals surface area contributed by atoms with Crippen molar-refractivity contribution in [1.82, 2.24) is 9.88 Å². The Bertz CT molecular complexity index is 842. The van der Waals surface area contributed by atoms with Crippen molar-refractivity contribution < 1.29 is 19.1 Å². The van der Waals surface area contributed by atoms with Crippen LogP contribution in [0.25, 0.3) is 0 Å². The fourth-order valence-electron chi connectivity index (χ4n) is 3.95. The molecule has 0 aromatic carbocycles. The molecule has 29 heavy (non-hydrogen) atoms. The first kappa shape index (κ1) is 20.9. The molecule has 156 valence electrons. The molecule has 2 aliphatic rings. The molecule has 8 nitrogen and oxygen atoms in total. The molecule has 0 aliphatic carbocycles. The molecule has 2 fully saturated rings. The fraction of sp³-hybridized carbons (Fsp3) is 0.619. The van der Waals surface area contributed by atoms with Crippen molar-refractivity contribution in [3.63, 3.8) is 0 Å². The highest BCUT2D eigenvalue weighted by molar-refractivity contribution is 5.90. The molecule has 0 N–H and O–H groups in total. The van der Waals surface area contributed by atoms with E-state index in [1.807, 2.05) is 26.8 Å². The van der Waals surface area contributed by atoms with Crippen LogP contribution in [0.1, 0.15) is 56.6 Å². The summed E-state index contributed by atoms with van der Waals surface area (Å²) in [5.74, 6) is 0.0661. The molecule has 2 saturated heterocycles. The number of hydrogen-bond acceptors (Lipinski definition) is 7. The lowest BCUT2D eigenvalue weighted by Gasteiger charge is -2.27. The van der Waals surface area contributed by atoms with Crippen LogP contribution in [0.15, 0.2) is 12.1 Å². The Morgan fingerprint density at radius 2 is 1.97 bits per heavy atom. The van der Waals surface area contributed by atoms with E-state index >= 15 is 0 Å². The van der Waals surface area contributed by atoms with Gasteiger partial charge in [0.2, 0.25) is 0 Å². The van der Waals surface area contributed by atoms with Gasteiger partial charge in [0.25, 0.3) is 0 Å². The number of likely N-dealkylation sites (tertiary alicyclic amines) is 1. The third kappa shape index (κ3) is 4.61. The molecule has 8 heteroatoms.